The first-order valence-electron chi connectivity index (χ1n) is 13.8. The van der Waals surface area contributed by atoms with Gasteiger partial charge in [-0.2, -0.15) is 0 Å². The topological polar surface area (TPSA) is 94.6 Å². The van der Waals surface area contributed by atoms with Crippen LogP contribution < -0.4 is 9.47 Å². The molecule has 3 aliphatic heterocycles. The Kier molecular flexibility index (Phi) is 8.85. The lowest BCUT2D eigenvalue weighted by molar-refractivity contribution is -0.134. The standard InChI is InChI=1S/C29H42N2O7/c1-29(2,3)38-28(34)31-18-19-10-8-16-30-17-9-11-20(26(19)30)21(31)12-6-15-24(32)37-23-14-7-13-22(35-4)25(23)27(33)36-5/h7,13-14,19-21,26H,6,8-12,15-18H2,1-5H3. The summed E-state index contributed by atoms with van der Waals surface area (Å²) in [6.45, 7) is 8.65. The molecule has 1 aromatic rings. The summed E-state index contributed by atoms with van der Waals surface area (Å²) in [5.74, 6) is 0.153. The van der Waals surface area contributed by atoms with Gasteiger partial charge in [0.05, 0.1) is 14.2 Å². The zero-order chi connectivity index (χ0) is 27.4. The highest BCUT2D eigenvalue weighted by molar-refractivity contribution is 5.96. The Bertz CT molecular complexity index is 1020. The summed E-state index contributed by atoms with van der Waals surface area (Å²) in [6, 6.07) is 5.33. The molecule has 0 radical (unpaired) electrons. The van der Waals surface area contributed by atoms with Crippen molar-refractivity contribution in [3.8, 4) is 11.5 Å². The maximum Gasteiger partial charge on any atom is 0.410 e. The van der Waals surface area contributed by atoms with Crippen molar-refractivity contribution >= 4 is 18.0 Å². The highest BCUT2D eigenvalue weighted by Gasteiger charge is 2.50. The monoisotopic (exact) mass is 530 g/mol. The number of hydrogen-bond acceptors (Lipinski definition) is 8. The van der Waals surface area contributed by atoms with Gasteiger partial charge in [0.15, 0.2) is 0 Å². The van der Waals surface area contributed by atoms with Gasteiger partial charge in [-0.3, -0.25) is 9.69 Å². The lowest BCUT2D eigenvalue weighted by Gasteiger charge is -2.57. The van der Waals surface area contributed by atoms with Crippen LogP contribution in [-0.2, 0) is 14.3 Å². The Morgan fingerprint density at radius 2 is 1.74 bits per heavy atom. The second kappa shape index (κ2) is 11.9. The molecule has 210 valence electrons. The van der Waals surface area contributed by atoms with Gasteiger partial charge in [0.25, 0.3) is 0 Å². The number of ether oxygens (including phenoxy) is 4. The summed E-state index contributed by atoms with van der Waals surface area (Å²) in [5, 5.41) is 0. The van der Waals surface area contributed by atoms with Gasteiger partial charge in [-0.25, -0.2) is 9.59 Å². The van der Waals surface area contributed by atoms with Crippen LogP contribution in [0.2, 0.25) is 0 Å². The predicted octanol–water partition coefficient (Wildman–Crippen LogP) is 4.67. The second-order valence-electron chi connectivity index (χ2n) is 11.6. The number of rotatable bonds is 7. The van der Waals surface area contributed by atoms with Gasteiger partial charge < -0.3 is 23.8 Å². The summed E-state index contributed by atoms with van der Waals surface area (Å²) >= 11 is 0. The lowest BCUT2D eigenvalue weighted by atomic mass is 9.69. The minimum atomic E-state index is -0.635. The van der Waals surface area contributed by atoms with Crippen molar-refractivity contribution < 1.29 is 33.3 Å². The fourth-order valence-corrected chi connectivity index (χ4v) is 6.59. The van der Waals surface area contributed by atoms with Crippen molar-refractivity contribution in [1.82, 2.24) is 9.80 Å². The number of likely N-dealkylation sites (tertiary alicyclic amines) is 1. The van der Waals surface area contributed by atoms with E-state index in [0.717, 1.165) is 32.4 Å². The third-order valence-corrected chi connectivity index (χ3v) is 8.00. The molecule has 38 heavy (non-hydrogen) atoms. The van der Waals surface area contributed by atoms with Crippen molar-refractivity contribution in [2.75, 3.05) is 33.9 Å². The Balaban J connectivity index is 1.46. The Labute approximate surface area is 225 Å². The van der Waals surface area contributed by atoms with Crippen molar-refractivity contribution in [3.63, 3.8) is 0 Å². The van der Waals surface area contributed by atoms with E-state index in [1.54, 1.807) is 18.2 Å². The molecule has 3 saturated heterocycles. The van der Waals surface area contributed by atoms with Crippen molar-refractivity contribution in [3.05, 3.63) is 23.8 Å². The molecule has 0 spiro atoms. The van der Waals surface area contributed by atoms with Crippen LogP contribution in [0.5, 0.6) is 11.5 Å². The van der Waals surface area contributed by atoms with Gasteiger partial charge in [-0.1, -0.05) is 6.07 Å². The molecule has 3 fully saturated rings. The number of carbonyl (C=O) groups excluding carboxylic acids is 3. The van der Waals surface area contributed by atoms with E-state index in [2.05, 4.69) is 4.90 Å². The van der Waals surface area contributed by atoms with Gasteiger partial charge in [0, 0.05) is 25.0 Å². The minimum Gasteiger partial charge on any atom is -0.496 e. The molecule has 0 aromatic heterocycles. The third kappa shape index (κ3) is 6.25. The highest BCUT2D eigenvalue weighted by Crippen LogP contribution is 2.43. The summed E-state index contributed by atoms with van der Waals surface area (Å²) < 4.78 is 21.5. The molecule has 1 aromatic carbocycles. The largest absolute Gasteiger partial charge is 0.496 e. The van der Waals surface area contributed by atoms with E-state index in [9.17, 15) is 14.4 Å². The fourth-order valence-electron chi connectivity index (χ4n) is 6.59. The second-order valence-corrected chi connectivity index (χ2v) is 11.6. The number of methoxy groups -OCH3 is 2. The van der Waals surface area contributed by atoms with Crippen LogP contribution in [0.1, 0.15) is 76.1 Å². The van der Waals surface area contributed by atoms with Crippen LogP contribution in [0.4, 0.5) is 4.79 Å². The number of amides is 1. The summed E-state index contributed by atoms with van der Waals surface area (Å²) in [5.41, 5.74) is -0.485. The fraction of sp³-hybridized carbons (Fsp3) is 0.690. The molecule has 9 nitrogen and oxygen atoms in total. The minimum absolute atomic E-state index is 0.0160. The van der Waals surface area contributed by atoms with Crippen molar-refractivity contribution in [2.24, 2.45) is 11.8 Å². The van der Waals surface area contributed by atoms with E-state index in [0.29, 0.717) is 37.3 Å². The van der Waals surface area contributed by atoms with Crippen LogP contribution in [-0.4, -0.2) is 79.4 Å². The zero-order valence-corrected chi connectivity index (χ0v) is 23.4. The van der Waals surface area contributed by atoms with Crippen LogP contribution in [0, 0.1) is 11.8 Å². The van der Waals surface area contributed by atoms with Gasteiger partial charge in [-0.15, -0.1) is 0 Å². The molecule has 4 atom stereocenters. The SMILES string of the molecule is COC(=O)c1c(OC)cccc1OC(=O)CCCC1C2CCCN3CCCC(CN1C(=O)OC(C)(C)C)C23. The maximum absolute atomic E-state index is 13.3. The molecule has 0 bridgehead atoms. The molecule has 3 aliphatic rings. The number of benzene rings is 1. The third-order valence-electron chi connectivity index (χ3n) is 8.00. The maximum atomic E-state index is 13.3. The molecule has 0 saturated carbocycles. The molecule has 9 heteroatoms. The van der Waals surface area contributed by atoms with Gasteiger partial charge >= 0.3 is 18.0 Å². The van der Waals surface area contributed by atoms with E-state index < -0.39 is 17.5 Å². The molecule has 0 aliphatic carbocycles. The van der Waals surface area contributed by atoms with Crippen LogP contribution in [0.15, 0.2) is 18.2 Å². The molecular weight excluding hydrogens is 488 g/mol. The lowest BCUT2D eigenvalue weighted by Crippen LogP contribution is -2.65. The highest BCUT2D eigenvalue weighted by atomic mass is 16.6. The predicted molar refractivity (Wildman–Crippen MR) is 141 cm³/mol. The van der Waals surface area contributed by atoms with Crippen molar-refractivity contribution in [1.29, 1.82) is 0 Å². The van der Waals surface area contributed by atoms with E-state index in [4.69, 9.17) is 18.9 Å². The van der Waals surface area contributed by atoms with E-state index in [1.807, 2.05) is 25.7 Å². The first-order valence-corrected chi connectivity index (χ1v) is 13.8. The van der Waals surface area contributed by atoms with Gasteiger partial charge in [0.2, 0.25) is 0 Å². The quantitative estimate of drug-likeness (QED) is 0.371. The Hall–Kier alpha value is -2.81. The smallest absolute Gasteiger partial charge is 0.410 e. The van der Waals surface area contributed by atoms with Crippen LogP contribution in [0.25, 0.3) is 0 Å². The average molecular weight is 531 g/mol. The average Bonchev–Trinajstić information content (AvgIpc) is 2.88. The number of piperidine rings is 3. The van der Waals surface area contributed by atoms with Gasteiger partial charge in [0.1, 0.15) is 22.7 Å². The molecular formula is C29H42N2O7. The molecule has 1 amide bonds. The van der Waals surface area contributed by atoms with Gasteiger partial charge in [-0.05, 0) is 96.4 Å². The van der Waals surface area contributed by atoms with E-state index in [-0.39, 0.29) is 35.6 Å². The first kappa shape index (κ1) is 28.2. The van der Waals surface area contributed by atoms with Crippen molar-refractivity contribution in [2.45, 2.75) is 83.4 Å². The van der Waals surface area contributed by atoms with E-state index >= 15 is 0 Å². The number of esters is 2. The molecule has 4 rings (SSSR count). The number of carbonyl (C=O) groups is 3. The van der Waals surface area contributed by atoms with Crippen LogP contribution >= 0.6 is 0 Å². The Morgan fingerprint density at radius 1 is 1.03 bits per heavy atom. The molecule has 3 heterocycles. The number of nitrogens with zero attached hydrogens (tertiary/aromatic N) is 2. The van der Waals surface area contributed by atoms with E-state index in [1.165, 1.54) is 20.6 Å². The summed E-state index contributed by atoms with van der Waals surface area (Å²) in [6.07, 6.45) is 5.68. The summed E-state index contributed by atoms with van der Waals surface area (Å²) in [4.78, 5) is 43.0. The van der Waals surface area contributed by atoms with Crippen LogP contribution in [0.3, 0.4) is 0 Å². The first-order chi connectivity index (χ1) is 18.1. The Morgan fingerprint density at radius 3 is 2.42 bits per heavy atom. The molecule has 4 unspecified atom stereocenters. The zero-order valence-electron chi connectivity index (χ0n) is 23.4. The normalized spacial score (nSPS) is 25.2. The molecule has 0 N–H and O–H groups in total. The summed E-state index contributed by atoms with van der Waals surface area (Å²) in [7, 11) is 2.71. The number of hydrogen-bond donors (Lipinski definition) is 0.